The van der Waals surface area contributed by atoms with Gasteiger partial charge in [-0.25, -0.2) is 14.2 Å². The summed E-state index contributed by atoms with van der Waals surface area (Å²) in [5.41, 5.74) is 3.11. The van der Waals surface area contributed by atoms with Gasteiger partial charge in [-0.1, -0.05) is 12.6 Å². The van der Waals surface area contributed by atoms with E-state index in [1.165, 1.54) is 0 Å². The molecule has 0 spiro atoms. The average molecular weight is 468 g/mol. The molecular weight excluding hydrogens is 434 g/mol. The molecule has 3 aromatic rings. The Kier molecular flexibility index (Phi) is 6.92. The SMILES string of the molecule is C=Cc1nn(C2CCCCO2)c2ccc(-c3cnn(C)c3OCCNC(=O)OC(C)(C)C)cc12. The van der Waals surface area contributed by atoms with E-state index in [-0.39, 0.29) is 12.8 Å². The van der Waals surface area contributed by atoms with Crippen LogP contribution in [0.25, 0.3) is 28.1 Å². The van der Waals surface area contributed by atoms with Gasteiger partial charge in [-0.15, -0.1) is 0 Å². The van der Waals surface area contributed by atoms with Gasteiger partial charge >= 0.3 is 6.09 Å². The summed E-state index contributed by atoms with van der Waals surface area (Å²) >= 11 is 0. The number of ether oxygens (including phenoxy) is 3. The van der Waals surface area contributed by atoms with Gasteiger partial charge in [-0.2, -0.15) is 10.2 Å². The number of rotatable bonds is 7. The van der Waals surface area contributed by atoms with Gasteiger partial charge in [0.15, 0.2) is 6.23 Å². The Bertz CT molecular complexity index is 1170. The van der Waals surface area contributed by atoms with Crippen molar-refractivity contribution >= 4 is 23.1 Å². The fourth-order valence-corrected chi connectivity index (χ4v) is 4.03. The molecular formula is C25H33N5O4. The molecule has 4 rings (SSSR count). The molecule has 1 atom stereocenters. The van der Waals surface area contributed by atoms with E-state index in [1.54, 1.807) is 17.0 Å². The van der Waals surface area contributed by atoms with Crippen molar-refractivity contribution in [3.63, 3.8) is 0 Å². The van der Waals surface area contributed by atoms with Gasteiger partial charge in [0.2, 0.25) is 5.88 Å². The number of alkyl carbamates (subject to hydrolysis) is 1. The minimum absolute atomic E-state index is 0.0504. The van der Waals surface area contributed by atoms with Crippen LogP contribution < -0.4 is 10.1 Å². The Morgan fingerprint density at radius 1 is 1.35 bits per heavy atom. The molecule has 1 saturated heterocycles. The smallest absolute Gasteiger partial charge is 0.407 e. The summed E-state index contributed by atoms with van der Waals surface area (Å²) in [5, 5.41) is 12.8. The number of hydrogen-bond donors (Lipinski definition) is 1. The third kappa shape index (κ3) is 5.25. The number of hydrogen-bond acceptors (Lipinski definition) is 6. The Balaban J connectivity index is 1.52. The molecule has 34 heavy (non-hydrogen) atoms. The molecule has 0 bridgehead atoms. The first-order valence-corrected chi connectivity index (χ1v) is 11.6. The van der Waals surface area contributed by atoms with Crippen molar-refractivity contribution in [2.24, 2.45) is 7.05 Å². The van der Waals surface area contributed by atoms with Gasteiger partial charge in [0, 0.05) is 19.0 Å². The standard InChI is InChI=1S/C25H33N5O4/c1-6-20-18-15-17(10-11-21(18)30(28-20)22-9-7-8-13-32-22)19-16-27-29(5)23(19)33-14-12-26-24(31)34-25(2,3)4/h6,10-11,15-16,22H,1,7-9,12-14H2,2-5H3,(H,26,31). The van der Waals surface area contributed by atoms with Crippen molar-refractivity contribution in [2.75, 3.05) is 19.8 Å². The topological polar surface area (TPSA) is 92.4 Å². The second kappa shape index (κ2) is 9.89. The Labute approximate surface area is 199 Å². The van der Waals surface area contributed by atoms with Crippen LogP contribution in [0.1, 0.15) is 52.0 Å². The maximum Gasteiger partial charge on any atom is 0.407 e. The third-order valence-electron chi connectivity index (χ3n) is 5.56. The van der Waals surface area contributed by atoms with Crippen LogP contribution in [-0.4, -0.2) is 51.0 Å². The normalized spacial score (nSPS) is 16.4. The third-order valence-corrected chi connectivity index (χ3v) is 5.56. The molecule has 1 N–H and O–H groups in total. The molecule has 1 aliphatic heterocycles. The highest BCUT2D eigenvalue weighted by Crippen LogP contribution is 2.34. The highest BCUT2D eigenvalue weighted by Gasteiger charge is 2.22. The van der Waals surface area contributed by atoms with Crippen LogP contribution in [0.5, 0.6) is 5.88 Å². The van der Waals surface area contributed by atoms with Gasteiger partial charge in [-0.3, -0.25) is 0 Å². The van der Waals surface area contributed by atoms with E-state index < -0.39 is 11.7 Å². The van der Waals surface area contributed by atoms with Crippen molar-refractivity contribution in [3.05, 3.63) is 36.7 Å². The molecule has 9 heteroatoms. The van der Waals surface area contributed by atoms with Gasteiger partial charge in [0.05, 0.1) is 29.5 Å². The number of aryl methyl sites for hydroxylation is 1. The van der Waals surface area contributed by atoms with Crippen LogP contribution in [-0.2, 0) is 16.5 Å². The number of carbonyl (C=O) groups excluding carboxylic acids is 1. The summed E-state index contributed by atoms with van der Waals surface area (Å²) in [6.07, 6.45) is 6.20. The Hall–Kier alpha value is -3.33. The maximum atomic E-state index is 11.8. The second-order valence-corrected chi connectivity index (χ2v) is 9.35. The summed E-state index contributed by atoms with van der Waals surface area (Å²) in [5.74, 6) is 0.619. The largest absolute Gasteiger partial charge is 0.476 e. The van der Waals surface area contributed by atoms with Gasteiger partial charge in [0.1, 0.15) is 12.2 Å². The number of carbonyl (C=O) groups is 1. The number of nitrogens with one attached hydrogen (secondary N) is 1. The first kappa shape index (κ1) is 23.8. The van der Waals surface area contributed by atoms with Crippen molar-refractivity contribution in [1.29, 1.82) is 0 Å². The van der Waals surface area contributed by atoms with Crippen molar-refractivity contribution in [3.8, 4) is 17.0 Å². The lowest BCUT2D eigenvalue weighted by Crippen LogP contribution is -2.34. The highest BCUT2D eigenvalue weighted by molar-refractivity contribution is 5.91. The molecule has 9 nitrogen and oxygen atoms in total. The van der Waals surface area contributed by atoms with Gasteiger partial charge in [0.25, 0.3) is 0 Å². The summed E-state index contributed by atoms with van der Waals surface area (Å²) < 4.78 is 20.8. The van der Waals surface area contributed by atoms with E-state index in [1.807, 2.05) is 38.6 Å². The average Bonchev–Trinajstić information content (AvgIpc) is 3.36. The Morgan fingerprint density at radius 3 is 2.88 bits per heavy atom. The van der Waals surface area contributed by atoms with Crippen LogP contribution in [0.4, 0.5) is 4.79 Å². The second-order valence-electron chi connectivity index (χ2n) is 9.35. The van der Waals surface area contributed by atoms with Crippen LogP contribution in [0.2, 0.25) is 0 Å². The molecule has 2 aromatic heterocycles. The van der Waals surface area contributed by atoms with E-state index in [0.29, 0.717) is 12.4 Å². The zero-order valence-corrected chi connectivity index (χ0v) is 20.3. The lowest BCUT2D eigenvalue weighted by molar-refractivity contribution is -0.0367. The minimum Gasteiger partial charge on any atom is -0.476 e. The summed E-state index contributed by atoms with van der Waals surface area (Å²) in [7, 11) is 1.83. The van der Waals surface area contributed by atoms with Crippen molar-refractivity contribution in [2.45, 2.75) is 51.9 Å². The van der Waals surface area contributed by atoms with Crippen molar-refractivity contribution < 1.29 is 19.0 Å². The quantitative estimate of drug-likeness (QED) is 0.507. The molecule has 1 aromatic carbocycles. The van der Waals surface area contributed by atoms with E-state index in [9.17, 15) is 4.79 Å². The highest BCUT2D eigenvalue weighted by atomic mass is 16.6. The molecule has 3 heterocycles. The number of nitrogens with zero attached hydrogens (tertiary/aromatic N) is 4. The van der Waals surface area contributed by atoms with Gasteiger partial charge in [-0.05, 0) is 63.8 Å². The van der Waals surface area contributed by atoms with Crippen LogP contribution >= 0.6 is 0 Å². The van der Waals surface area contributed by atoms with E-state index in [0.717, 1.165) is 53.6 Å². The zero-order valence-electron chi connectivity index (χ0n) is 20.3. The molecule has 1 unspecified atom stereocenters. The minimum atomic E-state index is -0.542. The monoisotopic (exact) mass is 467 g/mol. The molecule has 1 aliphatic rings. The predicted molar refractivity (Wildman–Crippen MR) is 131 cm³/mol. The molecule has 1 fully saturated rings. The molecule has 0 aliphatic carbocycles. The summed E-state index contributed by atoms with van der Waals surface area (Å²) in [4.78, 5) is 11.8. The summed E-state index contributed by atoms with van der Waals surface area (Å²) in [6.45, 7) is 10.8. The van der Waals surface area contributed by atoms with Gasteiger partial charge < -0.3 is 19.5 Å². The fraction of sp³-hybridized carbons (Fsp3) is 0.480. The predicted octanol–water partition coefficient (Wildman–Crippen LogP) is 4.68. The molecule has 182 valence electrons. The van der Waals surface area contributed by atoms with E-state index >= 15 is 0 Å². The molecule has 1 amide bonds. The molecule has 0 radical (unpaired) electrons. The van der Waals surface area contributed by atoms with Crippen LogP contribution in [0.15, 0.2) is 31.0 Å². The Morgan fingerprint density at radius 2 is 2.18 bits per heavy atom. The van der Waals surface area contributed by atoms with E-state index in [4.69, 9.17) is 19.3 Å². The number of fused-ring (bicyclic) bond motifs is 1. The van der Waals surface area contributed by atoms with Crippen LogP contribution in [0.3, 0.4) is 0 Å². The van der Waals surface area contributed by atoms with Crippen molar-refractivity contribution in [1.82, 2.24) is 24.9 Å². The zero-order chi connectivity index (χ0) is 24.3. The maximum absolute atomic E-state index is 11.8. The lowest BCUT2D eigenvalue weighted by atomic mass is 10.1. The van der Waals surface area contributed by atoms with E-state index in [2.05, 4.69) is 29.1 Å². The first-order chi connectivity index (χ1) is 16.3. The number of aromatic nitrogens is 4. The molecule has 0 saturated carbocycles. The number of amides is 1. The fourth-order valence-electron chi connectivity index (χ4n) is 4.03. The summed E-state index contributed by atoms with van der Waals surface area (Å²) in [6, 6.07) is 6.18. The van der Waals surface area contributed by atoms with Crippen LogP contribution in [0, 0.1) is 0 Å². The number of benzene rings is 1. The lowest BCUT2D eigenvalue weighted by Gasteiger charge is -2.23. The first-order valence-electron chi connectivity index (χ1n) is 11.6.